The number of nitrogens with one attached hydrogen (secondary N) is 1. The first-order chi connectivity index (χ1) is 13.6. The SMILES string of the molecule is O=C(O)c1cccc(CNC2C3CN4CCN(C3)CC2(c2ccccc2)C4)n1. The van der Waals surface area contributed by atoms with Gasteiger partial charge in [0.1, 0.15) is 5.69 Å². The quantitative estimate of drug-likeness (QED) is 0.821. The summed E-state index contributed by atoms with van der Waals surface area (Å²) >= 11 is 0. The van der Waals surface area contributed by atoms with Crippen molar-refractivity contribution in [1.82, 2.24) is 20.1 Å². The molecule has 146 valence electrons. The number of aromatic nitrogens is 1. The molecule has 1 aromatic carbocycles. The van der Waals surface area contributed by atoms with Crippen molar-refractivity contribution in [3.05, 3.63) is 65.5 Å². The first-order valence-corrected chi connectivity index (χ1v) is 10.1. The summed E-state index contributed by atoms with van der Waals surface area (Å²) in [4.78, 5) is 20.8. The Morgan fingerprint density at radius 3 is 2.46 bits per heavy atom. The van der Waals surface area contributed by atoms with Crippen LogP contribution in [-0.2, 0) is 12.0 Å². The van der Waals surface area contributed by atoms with E-state index >= 15 is 0 Å². The van der Waals surface area contributed by atoms with Crippen LogP contribution in [0.5, 0.6) is 0 Å². The summed E-state index contributed by atoms with van der Waals surface area (Å²) in [5, 5.41) is 13.0. The normalized spacial score (nSPS) is 33.6. The van der Waals surface area contributed by atoms with E-state index in [4.69, 9.17) is 0 Å². The van der Waals surface area contributed by atoms with Gasteiger partial charge >= 0.3 is 5.97 Å². The van der Waals surface area contributed by atoms with Gasteiger partial charge in [0.15, 0.2) is 0 Å². The molecule has 0 saturated carbocycles. The Balaban J connectivity index is 1.45. The zero-order valence-corrected chi connectivity index (χ0v) is 15.9. The van der Waals surface area contributed by atoms with E-state index < -0.39 is 5.97 Å². The van der Waals surface area contributed by atoms with Gasteiger partial charge in [-0.25, -0.2) is 9.78 Å². The van der Waals surface area contributed by atoms with Crippen LogP contribution in [0.4, 0.5) is 0 Å². The van der Waals surface area contributed by atoms with Crippen LogP contribution in [0.1, 0.15) is 21.7 Å². The number of carboxylic acids is 1. The fourth-order valence-electron chi connectivity index (χ4n) is 5.59. The van der Waals surface area contributed by atoms with Crippen LogP contribution >= 0.6 is 0 Å². The average molecular weight is 378 g/mol. The van der Waals surface area contributed by atoms with Crippen LogP contribution in [0.3, 0.4) is 0 Å². The van der Waals surface area contributed by atoms with Crippen LogP contribution in [0.25, 0.3) is 0 Å². The topological polar surface area (TPSA) is 68.7 Å². The molecule has 4 saturated heterocycles. The predicted octanol–water partition coefficient (Wildman–Crippen LogP) is 1.44. The number of nitrogens with zero attached hydrogens (tertiary/aromatic N) is 3. The third-order valence-corrected chi connectivity index (χ3v) is 6.67. The van der Waals surface area contributed by atoms with E-state index in [0.29, 0.717) is 18.5 Å². The lowest BCUT2D eigenvalue weighted by molar-refractivity contribution is 0.0173. The fourth-order valence-corrected chi connectivity index (χ4v) is 5.59. The summed E-state index contributed by atoms with van der Waals surface area (Å²) in [5.41, 5.74) is 2.36. The van der Waals surface area contributed by atoms with Gasteiger partial charge < -0.3 is 20.2 Å². The maximum absolute atomic E-state index is 11.2. The van der Waals surface area contributed by atoms with Crippen molar-refractivity contribution >= 4 is 5.97 Å². The summed E-state index contributed by atoms with van der Waals surface area (Å²) in [5.74, 6) is -0.415. The Morgan fingerprint density at radius 2 is 1.79 bits per heavy atom. The number of pyridine rings is 1. The molecule has 4 aliphatic rings. The predicted molar refractivity (Wildman–Crippen MR) is 106 cm³/mol. The summed E-state index contributed by atoms with van der Waals surface area (Å²) < 4.78 is 0. The standard InChI is InChI=1S/C22H26N4O2/c27-21(28)19-8-4-7-18(24-19)11-23-20-16-12-25-9-10-26(13-16)15-22(20,14-25)17-5-2-1-3-6-17/h1-8,16,20,23H,9-15H2,(H,27,28). The molecule has 6 nitrogen and oxygen atoms in total. The molecule has 2 N–H and O–H groups in total. The zero-order chi connectivity index (χ0) is 19.1. The first-order valence-electron chi connectivity index (χ1n) is 10.1. The van der Waals surface area contributed by atoms with Crippen LogP contribution in [0.15, 0.2) is 48.5 Å². The van der Waals surface area contributed by atoms with E-state index in [2.05, 4.69) is 50.4 Å². The molecule has 4 bridgehead atoms. The van der Waals surface area contributed by atoms with Gasteiger partial charge in [-0.3, -0.25) is 0 Å². The molecule has 6 rings (SSSR count). The molecule has 0 aliphatic carbocycles. The van der Waals surface area contributed by atoms with Crippen molar-refractivity contribution in [2.45, 2.75) is 18.0 Å². The fraction of sp³-hybridized carbons (Fsp3) is 0.455. The second-order valence-corrected chi connectivity index (χ2v) is 8.43. The second kappa shape index (κ2) is 6.95. The van der Waals surface area contributed by atoms with Crippen molar-refractivity contribution < 1.29 is 9.90 Å². The lowest BCUT2D eigenvalue weighted by Gasteiger charge is -2.56. The maximum atomic E-state index is 11.2. The number of carbonyl (C=O) groups is 1. The molecule has 0 amide bonds. The number of carboxylic acid groups (broad SMARTS) is 1. The molecule has 3 unspecified atom stereocenters. The smallest absolute Gasteiger partial charge is 0.354 e. The van der Waals surface area contributed by atoms with Crippen molar-refractivity contribution in [2.24, 2.45) is 5.92 Å². The third kappa shape index (κ3) is 3.02. The molecule has 0 radical (unpaired) electrons. The van der Waals surface area contributed by atoms with Crippen LogP contribution < -0.4 is 5.32 Å². The van der Waals surface area contributed by atoms with E-state index in [1.807, 2.05) is 6.07 Å². The van der Waals surface area contributed by atoms with Crippen molar-refractivity contribution in [2.75, 3.05) is 39.3 Å². The number of aromatic carboxylic acids is 1. The number of rotatable bonds is 5. The minimum Gasteiger partial charge on any atom is -0.477 e. The van der Waals surface area contributed by atoms with Crippen LogP contribution in [0, 0.1) is 5.92 Å². The molecule has 0 spiro atoms. The summed E-state index contributed by atoms with van der Waals surface area (Å²) in [6.07, 6.45) is 0. The number of hydrogen-bond donors (Lipinski definition) is 2. The highest BCUT2D eigenvalue weighted by Gasteiger charge is 2.54. The van der Waals surface area contributed by atoms with Gasteiger partial charge in [-0.15, -0.1) is 0 Å². The molecule has 2 aromatic rings. The maximum Gasteiger partial charge on any atom is 0.354 e. The van der Waals surface area contributed by atoms with E-state index in [-0.39, 0.29) is 11.1 Å². The van der Waals surface area contributed by atoms with Gasteiger partial charge in [-0.1, -0.05) is 36.4 Å². The van der Waals surface area contributed by atoms with E-state index in [1.165, 1.54) is 5.56 Å². The van der Waals surface area contributed by atoms with E-state index in [1.54, 1.807) is 12.1 Å². The lowest BCUT2D eigenvalue weighted by atomic mass is 9.64. The van der Waals surface area contributed by atoms with Crippen LogP contribution in [0.2, 0.25) is 0 Å². The average Bonchev–Trinajstić information content (AvgIpc) is 2.96. The van der Waals surface area contributed by atoms with Crippen molar-refractivity contribution in [3.63, 3.8) is 0 Å². The van der Waals surface area contributed by atoms with Crippen LogP contribution in [-0.4, -0.2) is 71.2 Å². The number of piperidine rings is 2. The molecule has 6 heteroatoms. The van der Waals surface area contributed by atoms with Gasteiger partial charge in [-0.2, -0.15) is 0 Å². The zero-order valence-electron chi connectivity index (χ0n) is 15.9. The summed E-state index contributed by atoms with van der Waals surface area (Å²) in [6.45, 7) is 7.31. The molecular weight excluding hydrogens is 352 g/mol. The largest absolute Gasteiger partial charge is 0.477 e. The minimum atomic E-state index is -0.977. The third-order valence-electron chi connectivity index (χ3n) is 6.67. The van der Waals surface area contributed by atoms with Crippen molar-refractivity contribution in [3.8, 4) is 0 Å². The molecule has 1 aromatic heterocycles. The summed E-state index contributed by atoms with van der Waals surface area (Å²) in [6, 6.07) is 16.5. The van der Waals surface area contributed by atoms with Crippen molar-refractivity contribution in [1.29, 1.82) is 0 Å². The first kappa shape index (κ1) is 17.8. The minimum absolute atomic E-state index is 0.0589. The highest BCUT2D eigenvalue weighted by molar-refractivity contribution is 5.85. The van der Waals surface area contributed by atoms with Gasteiger partial charge in [-0.05, 0) is 17.7 Å². The molecular formula is C22H26N4O2. The Hall–Kier alpha value is -2.28. The second-order valence-electron chi connectivity index (χ2n) is 8.43. The number of benzene rings is 1. The highest BCUT2D eigenvalue weighted by Crippen LogP contribution is 2.43. The Kier molecular flexibility index (Phi) is 4.42. The van der Waals surface area contributed by atoms with Gasteiger partial charge in [0.2, 0.25) is 0 Å². The monoisotopic (exact) mass is 378 g/mol. The van der Waals surface area contributed by atoms with Gasteiger partial charge in [0, 0.05) is 63.2 Å². The lowest BCUT2D eigenvalue weighted by Crippen LogP contribution is -2.69. The Morgan fingerprint density at radius 1 is 1.07 bits per heavy atom. The van der Waals surface area contributed by atoms with E-state index in [9.17, 15) is 9.90 Å². The molecule has 4 aliphatic heterocycles. The Labute approximate surface area is 165 Å². The molecule has 28 heavy (non-hydrogen) atoms. The molecule has 3 atom stereocenters. The highest BCUT2D eigenvalue weighted by atomic mass is 16.4. The molecule has 5 heterocycles. The summed E-state index contributed by atoms with van der Waals surface area (Å²) in [7, 11) is 0. The number of fused-ring (bicyclic) bond motifs is 1. The molecule has 4 fully saturated rings. The number of hydrogen-bond acceptors (Lipinski definition) is 5. The van der Waals surface area contributed by atoms with Gasteiger partial charge in [0.25, 0.3) is 0 Å². The van der Waals surface area contributed by atoms with Gasteiger partial charge in [0.05, 0.1) is 5.69 Å². The Bertz CT molecular complexity index is 856. The van der Waals surface area contributed by atoms with E-state index in [0.717, 1.165) is 45.0 Å².